The first kappa shape index (κ1) is 18.2. The number of carbonyl (C=O) groups is 3. The fraction of sp³-hybridized carbons (Fsp3) is 0.211. The predicted octanol–water partition coefficient (Wildman–Crippen LogP) is 3.06. The molecule has 0 aromatic heterocycles. The van der Waals surface area contributed by atoms with E-state index in [1.54, 1.807) is 24.3 Å². The average Bonchev–Trinajstić information content (AvgIpc) is 2.61. The van der Waals surface area contributed by atoms with Crippen LogP contribution >= 0.6 is 0 Å². The predicted molar refractivity (Wildman–Crippen MR) is 92.5 cm³/mol. The molecule has 130 valence electrons. The maximum atomic E-state index is 12.3. The minimum atomic E-state index is -0.955. The van der Waals surface area contributed by atoms with Crippen LogP contribution in [0.5, 0.6) is 0 Å². The molecule has 0 saturated carbocycles. The Morgan fingerprint density at radius 1 is 1.00 bits per heavy atom. The van der Waals surface area contributed by atoms with Crippen molar-refractivity contribution >= 4 is 23.5 Å². The van der Waals surface area contributed by atoms with E-state index in [2.05, 4.69) is 10.1 Å². The number of rotatable bonds is 7. The lowest BCUT2D eigenvalue weighted by Crippen LogP contribution is -2.17. The lowest BCUT2D eigenvalue weighted by Gasteiger charge is -2.15. The number of amides is 1. The fourth-order valence-electron chi connectivity index (χ4n) is 2.49. The highest BCUT2D eigenvalue weighted by atomic mass is 16.5. The monoisotopic (exact) mass is 341 g/mol. The van der Waals surface area contributed by atoms with Gasteiger partial charge in [0.2, 0.25) is 5.91 Å². The second-order valence-corrected chi connectivity index (χ2v) is 5.53. The third kappa shape index (κ3) is 5.46. The molecule has 0 heterocycles. The number of esters is 1. The molecule has 0 bridgehead atoms. The smallest absolute Gasteiger partial charge is 0.337 e. The van der Waals surface area contributed by atoms with Gasteiger partial charge >= 0.3 is 11.9 Å². The van der Waals surface area contributed by atoms with E-state index in [1.807, 2.05) is 30.3 Å². The third-order valence-corrected chi connectivity index (χ3v) is 3.71. The highest BCUT2D eigenvalue weighted by Gasteiger charge is 2.19. The Hall–Kier alpha value is -3.15. The van der Waals surface area contributed by atoms with Crippen molar-refractivity contribution in [3.05, 3.63) is 65.7 Å². The van der Waals surface area contributed by atoms with Crippen LogP contribution in [0.3, 0.4) is 0 Å². The van der Waals surface area contributed by atoms with E-state index >= 15 is 0 Å². The summed E-state index contributed by atoms with van der Waals surface area (Å²) in [4.78, 5) is 34.7. The van der Waals surface area contributed by atoms with Crippen LogP contribution in [0.4, 0.5) is 5.69 Å². The summed E-state index contributed by atoms with van der Waals surface area (Å²) in [6.45, 7) is 0. The molecule has 2 aromatic carbocycles. The number of anilines is 1. The molecule has 0 radical (unpaired) electrons. The number of carboxylic acid groups (broad SMARTS) is 1. The second kappa shape index (κ2) is 8.63. The Labute approximate surface area is 145 Å². The summed E-state index contributed by atoms with van der Waals surface area (Å²) in [5, 5.41) is 11.8. The Morgan fingerprint density at radius 3 is 2.20 bits per heavy atom. The van der Waals surface area contributed by atoms with Crippen molar-refractivity contribution in [2.45, 2.75) is 18.8 Å². The Bertz CT molecular complexity index is 740. The van der Waals surface area contributed by atoms with Crippen LogP contribution in [0.1, 0.15) is 34.7 Å². The maximum Gasteiger partial charge on any atom is 0.337 e. The van der Waals surface area contributed by atoms with Crippen LogP contribution in [0, 0.1) is 0 Å². The van der Waals surface area contributed by atoms with Gasteiger partial charge in [-0.1, -0.05) is 30.3 Å². The fourth-order valence-corrected chi connectivity index (χ4v) is 2.49. The first-order chi connectivity index (χ1) is 12.0. The van der Waals surface area contributed by atoms with E-state index in [0.29, 0.717) is 11.3 Å². The van der Waals surface area contributed by atoms with Gasteiger partial charge in [-0.3, -0.25) is 9.59 Å². The minimum absolute atomic E-state index is 0.0507. The number of methoxy groups -OCH3 is 1. The highest BCUT2D eigenvalue weighted by Crippen LogP contribution is 2.24. The highest BCUT2D eigenvalue weighted by molar-refractivity contribution is 5.93. The Morgan fingerprint density at radius 2 is 1.64 bits per heavy atom. The van der Waals surface area contributed by atoms with Gasteiger partial charge in [0.05, 0.1) is 19.1 Å². The van der Waals surface area contributed by atoms with E-state index in [4.69, 9.17) is 5.11 Å². The van der Waals surface area contributed by atoms with Crippen molar-refractivity contribution in [1.29, 1.82) is 0 Å². The molecule has 0 fully saturated rings. The standard InChI is InChI=1S/C19H19NO5/c1-25-19(24)14-7-9-16(10-8-14)20-17(21)11-15(12-18(22)23)13-5-3-2-4-6-13/h2-10,15H,11-12H2,1H3,(H,20,21)(H,22,23)/t15-/m1/s1. The van der Waals surface area contributed by atoms with Crippen LogP contribution in [-0.4, -0.2) is 30.1 Å². The summed E-state index contributed by atoms with van der Waals surface area (Å²) in [7, 11) is 1.30. The molecule has 0 saturated heterocycles. The van der Waals surface area contributed by atoms with Crippen LogP contribution in [0.15, 0.2) is 54.6 Å². The normalized spacial score (nSPS) is 11.4. The number of nitrogens with one attached hydrogen (secondary N) is 1. The number of hydrogen-bond acceptors (Lipinski definition) is 4. The average molecular weight is 341 g/mol. The summed E-state index contributed by atoms with van der Waals surface area (Å²) >= 11 is 0. The summed E-state index contributed by atoms with van der Waals surface area (Å²) in [5.74, 6) is -2.11. The topological polar surface area (TPSA) is 92.7 Å². The van der Waals surface area contributed by atoms with Gasteiger partial charge in [-0.2, -0.15) is 0 Å². The molecule has 1 amide bonds. The van der Waals surface area contributed by atoms with Crippen LogP contribution in [-0.2, 0) is 14.3 Å². The largest absolute Gasteiger partial charge is 0.481 e. The van der Waals surface area contributed by atoms with E-state index in [-0.39, 0.29) is 18.7 Å². The van der Waals surface area contributed by atoms with Crippen molar-refractivity contribution in [2.75, 3.05) is 12.4 Å². The zero-order chi connectivity index (χ0) is 18.2. The quantitative estimate of drug-likeness (QED) is 0.755. The second-order valence-electron chi connectivity index (χ2n) is 5.53. The van der Waals surface area contributed by atoms with Gasteiger partial charge in [-0.25, -0.2) is 4.79 Å². The zero-order valence-corrected chi connectivity index (χ0v) is 13.8. The van der Waals surface area contributed by atoms with Gasteiger partial charge < -0.3 is 15.2 Å². The molecule has 6 heteroatoms. The molecule has 2 N–H and O–H groups in total. The van der Waals surface area contributed by atoms with Crippen molar-refractivity contribution in [3.63, 3.8) is 0 Å². The minimum Gasteiger partial charge on any atom is -0.481 e. The molecule has 0 spiro atoms. The van der Waals surface area contributed by atoms with Crippen molar-refractivity contribution in [1.82, 2.24) is 0 Å². The third-order valence-electron chi connectivity index (χ3n) is 3.71. The summed E-state index contributed by atoms with van der Waals surface area (Å²) in [5.41, 5.74) is 1.72. The van der Waals surface area contributed by atoms with Crippen LogP contribution < -0.4 is 5.32 Å². The summed E-state index contributed by atoms with van der Waals surface area (Å²) < 4.78 is 4.61. The summed E-state index contributed by atoms with van der Waals surface area (Å²) in [6.07, 6.45) is -0.0756. The van der Waals surface area contributed by atoms with E-state index in [0.717, 1.165) is 5.56 Å². The van der Waals surface area contributed by atoms with Gasteiger partial charge in [-0.05, 0) is 29.8 Å². The van der Waals surface area contributed by atoms with Crippen molar-refractivity contribution in [3.8, 4) is 0 Å². The molecular formula is C19H19NO5. The van der Waals surface area contributed by atoms with Gasteiger partial charge in [-0.15, -0.1) is 0 Å². The molecule has 0 aliphatic rings. The lowest BCUT2D eigenvalue weighted by atomic mass is 9.92. The summed E-state index contributed by atoms with van der Waals surface area (Å²) in [6, 6.07) is 15.4. The molecule has 0 aliphatic carbocycles. The van der Waals surface area contributed by atoms with E-state index < -0.39 is 17.9 Å². The number of ether oxygens (including phenoxy) is 1. The maximum absolute atomic E-state index is 12.3. The molecule has 0 aliphatic heterocycles. The van der Waals surface area contributed by atoms with Gasteiger partial charge in [0.25, 0.3) is 0 Å². The molecular weight excluding hydrogens is 322 g/mol. The molecule has 6 nitrogen and oxygen atoms in total. The number of hydrogen-bond donors (Lipinski definition) is 2. The molecule has 25 heavy (non-hydrogen) atoms. The molecule has 2 aromatic rings. The number of aliphatic carboxylic acids is 1. The zero-order valence-electron chi connectivity index (χ0n) is 13.8. The molecule has 2 rings (SSSR count). The van der Waals surface area contributed by atoms with Crippen LogP contribution in [0.25, 0.3) is 0 Å². The lowest BCUT2D eigenvalue weighted by molar-refractivity contribution is -0.137. The first-order valence-electron chi connectivity index (χ1n) is 7.74. The SMILES string of the molecule is COC(=O)c1ccc(NC(=O)C[C@H](CC(=O)O)c2ccccc2)cc1. The van der Waals surface area contributed by atoms with Crippen molar-refractivity contribution < 1.29 is 24.2 Å². The van der Waals surface area contributed by atoms with Gasteiger partial charge in [0.15, 0.2) is 0 Å². The van der Waals surface area contributed by atoms with Gasteiger partial charge in [0, 0.05) is 18.0 Å². The van der Waals surface area contributed by atoms with Gasteiger partial charge in [0.1, 0.15) is 0 Å². The Balaban J connectivity index is 2.03. The number of benzene rings is 2. The van der Waals surface area contributed by atoms with Crippen LogP contribution in [0.2, 0.25) is 0 Å². The molecule has 0 unspecified atom stereocenters. The Kier molecular flexibility index (Phi) is 6.28. The van der Waals surface area contributed by atoms with Crippen molar-refractivity contribution in [2.24, 2.45) is 0 Å². The number of carbonyl (C=O) groups excluding carboxylic acids is 2. The first-order valence-corrected chi connectivity index (χ1v) is 7.74. The van der Waals surface area contributed by atoms with E-state index in [1.165, 1.54) is 7.11 Å². The van der Waals surface area contributed by atoms with E-state index in [9.17, 15) is 14.4 Å². The molecule has 1 atom stereocenters. The number of carboxylic acids is 1.